The Morgan fingerprint density at radius 1 is 0.559 bits per heavy atom. The summed E-state index contributed by atoms with van der Waals surface area (Å²) in [5, 5.41) is 0. The fourth-order valence-corrected chi connectivity index (χ4v) is 4.05. The van der Waals surface area contributed by atoms with Gasteiger partial charge in [-0.3, -0.25) is 9.59 Å². The summed E-state index contributed by atoms with van der Waals surface area (Å²) in [6, 6.07) is 17.7. The van der Waals surface area contributed by atoms with Crippen LogP contribution in [-0.2, 0) is 9.59 Å². The van der Waals surface area contributed by atoms with Crippen LogP contribution in [0, 0.1) is 5.92 Å². The number of ether oxygens (including phenoxy) is 2. The standard InChI is InChI=1S/C30H42O4/c1-2-3-4-5-6-7-8-9-10-11-12-13-20-25-28(29(31)33-26-21-16-14-17-22-26)30(32)34-27-23-18-15-19-24-27/h14-19,21-24,28H,2-13,20,25H2,1H3. The van der Waals surface area contributed by atoms with Gasteiger partial charge in [0.25, 0.3) is 0 Å². The fraction of sp³-hybridized carbons (Fsp3) is 0.533. The Morgan fingerprint density at radius 2 is 0.912 bits per heavy atom. The molecule has 2 rings (SSSR count). The van der Waals surface area contributed by atoms with Gasteiger partial charge in [-0.05, 0) is 30.7 Å². The summed E-state index contributed by atoms with van der Waals surface area (Å²) in [5.74, 6) is -1.14. The topological polar surface area (TPSA) is 52.6 Å². The molecular weight excluding hydrogens is 424 g/mol. The lowest BCUT2D eigenvalue weighted by molar-refractivity contribution is -0.151. The summed E-state index contributed by atoms with van der Waals surface area (Å²) in [5.41, 5.74) is 0. The van der Waals surface area contributed by atoms with E-state index in [1.54, 1.807) is 48.5 Å². The summed E-state index contributed by atoms with van der Waals surface area (Å²) in [4.78, 5) is 25.5. The van der Waals surface area contributed by atoms with Crippen LogP contribution in [0.15, 0.2) is 60.7 Å². The Morgan fingerprint density at radius 3 is 1.29 bits per heavy atom. The van der Waals surface area contributed by atoms with Crippen molar-refractivity contribution in [2.45, 2.75) is 96.8 Å². The van der Waals surface area contributed by atoms with Gasteiger partial charge in [0, 0.05) is 0 Å². The molecule has 34 heavy (non-hydrogen) atoms. The van der Waals surface area contributed by atoms with E-state index in [-0.39, 0.29) is 0 Å². The van der Waals surface area contributed by atoms with Gasteiger partial charge < -0.3 is 9.47 Å². The van der Waals surface area contributed by atoms with Gasteiger partial charge in [0.15, 0.2) is 5.92 Å². The Kier molecular flexibility index (Phi) is 14.5. The second-order valence-corrected chi connectivity index (χ2v) is 9.05. The minimum atomic E-state index is -0.923. The Hall–Kier alpha value is -2.62. The van der Waals surface area contributed by atoms with Crippen molar-refractivity contribution in [1.82, 2.24) is 0 Å². The van der Waals surface area contributed by atoms with Crippen LogP contribution in [0.3, 0.4) is 0 Å². The van der Waals surface area contributed by atoms with Gasteiger partial charge in [-0.1, -0.05) is 127 Å². The minimum absolute atomic E-state index is 0.440. The van der Waals surface area contributed by atoms with Gasteiger partial charge in [0.1, 0.15) is 11.5 Å². The van der Waals surface area contributed by atoms with E-state index in [1.807, 2.05) is 12.1 Å². The van der Waals surface area contributed by atoms with Crippen molar-refractivity contribution in [3.05, 3.63) is 60.7 Å². The zero-order valence-electron chi connectivity index (χ0n) is 20.9. The molecule has 0 aromatic heterocycles. The number of carbonyl (C=O) groups is 2. The van der Waals surface area contributed by atoms with Crippen molar-refractivity contribution in [3.63, 3.8) is 0 Å². The van der Waals surface area contributed by atoms with Crippen LogP contribution >= 0.6 is 0 Å². The zero-order chi connectivity index (χ0) is 24.3. The molecule has 0 N–H and O–H groups in total. The van der Waals surface area contributed by atoms with E-state index in [2.05, 4.69) is 6.92 Å². The minimum Gasteiger partial charge on any atom is -0.426 e. The SMILES string of the molecule is CCCCCCCCCCCCCCCC(C(=O)Oc1ccccc1)C(=O)Oc1ccccc1. The third-order valence-electron chi connectivity index (χ3n) is 6.09. The van der Waals surface area contributed by atoms with Crippen molar-refractivity contribution in [2.24, 2.45) is 5.92 Å². The normalized spacial score (nSPS) is 10.9. The highest BCUT2D eigenvalue weighted by molar-refractivity contribution is 5.96. The van der Waals surface area contributed by atoms with Crippen LogP contribution in [0.2, 0.25) is 0 Å². The number of esters is 2. The average molecular weight is 467 g/mol. The smallest absolute Gasteiger partial charge is 0.325 e. The number of benzene rings is 2. The first-order valence-corrected chi connectivity index (χ1v) is 13.2. The highest BCUT2D eigenvalue weighted by Gasteiger charge is 2.30. The number of hydrogen-bond donors (Lipinski definition) is 0. The number of carbonyl (C=O) groups excluding carboxylic acids is 2. The molecule has 2 aromatic rings. The summed E-state index contributed by atoms with van der Waals surface area (Å²) in [6.07, 6.45) is 16.7. The first-order chi connectivity index (χ1) is 16.7. The Labute approximate surface area is 206 Å². The summed E-state index contributed by atoms with van der Waals surface area (Å²) in [7, 11) is 0. The summed E-state index contributed by atoms with van der Waals surface area (Å²) in [6.45, 7) is 2.26. The molecule has 0 spiro atoms. The maximum absolute atomic E-state index is 12.8. The Balaban J connectivity index is 1.69. The van der Waals surface area contributed by atoms with Gasteiger partial charge in [-0.25, -0.2) is 0 Å². The molecule has 4 heteroatoms. The van der Waals surface area contributed by atoms with E-state index >= 15 is 0 Å². The van der Waals surface area contributed by atoms with Gasteiger partial charge in [0.05, 0.1) is 0 Å². The number of rotatable bonds is 18. The molecule has 0 amide bonds. The average Bonchev–Trinajstić information content (AvgIpc) is 2.85. The molecule has 0 saturated heterocycles. The van der Waals surface area contributed by atoms with E-state index in [0.717, 1.165) is 19.3 Å². The van der Waals surface area contributed by atoms with Crippen LogP contribution in [0.4, 0.5) is 0 Å². The second kappa shape index (κ2) is 17.8. The lowest BCUT2D eigenvalue weighted by Gasteiger charge is -2.15. The van der Waals surface area contributed by atoms with Crippen molar-refractivity contribution < 1.29 is 19.1 Å². The molecular formula is C30H42O4. The van der Waals surface area contributed by atoms with E-state index in [0.29, 0.717) is 17.9 Å². The Bertz CT molecular complexity index is 734. The quantitative estimate of drug-likeness (QED) is 0.0959. The van der Waals surface area contributed by atoms with Crippen molar-refractivity contribution in [1.29, 1.82) is 0 Å². The predicted octanol–water partition coefficient (Wildman–Crippen LogP) is 8.30. The molecule has 0 aliphatic heterocycles. The first kappa shape index (κ1) is 27.6. The van der Waals surface area contributed by atoms with Gasteiger partial charge in [0.2, 0.25) is 0 Å². The molecule has 0 atom stereocenters. The highest BCUT2D eigenvalue weighted by atomic mass is 16.6. The first-order valence-electron chi connectivity index (χ1n) is 13.2. The maximum atomic E-state index is 12.8. The lowest BCUT2D eigenvalue weighted by atomic mass is 9.99. The summed E-state index contributed by atoms with van der Waals surface area (Å²) >= 11 is 0. The van der Waals surface area contributed by atoms with Crippen molar-refractivity contribution >= 4 is 11.9 Å². The molecule has 186 valence electrons. The van der Waals surface area contributed by atoms with E-state index in [9.17, 15) is 9.59 Å². The largest absolute Gasteiger partial charge is 0.426 e. The van der Waals surface area contributed by atoms with Crippen LogP contribution in [0.5, 0.6) is 11.5 Å². The third kappa shape index (κ3) is 12.0. The zero-order valence-corrected chi connectivity index (χ0v) is 20.9. The molecule has 0 heterocycles. The fourth-order valence-electron chi connectivity index (χ4n) is 4.05. The molecule has 0 bridgehead atoms. The predicted molar refractivity (Wildman–Crippen MR) is 138 cm³/mol. The molecule has 0 aliphatic rings. The van der Waals surface area contributed by atoms with E-state index in [4.69, 9.17) is 9.47 Å². The van der Waals surface area contributed by atoms with Gasteiger partial charge in [-0.15, -0.1) is 0 Å². The maximum Gasteiger partial charge on any atom is 0.325 e. The van der Waals surface area contributed by atoms with Crippen molar-refractivity contribution in [2.75, 3.05) is 0 Å². The lowest BCUT2D eigenvalue weighted by Crippen LogP contribution is -2.31. The van der Waals surface area contributed by atoms with E-state index in [1.165, 1.54) is 64.2 Å². The van der Waals surface area contributed by atoms with Gasteiger partial charge in [-0.2, -0.15) is 0 Å². The molecule has 0 fully saturated rings. The molecule has 4 nitrogen and oxygen atoms in total. The van der Waals surface area contributed by atoms with Crippen LogP contribution < -0.4 is 9.47 Å². The molecule has 2 aromatic carbocycles. The van der Waals surface area contributed by atoms with Crippen LogP contribution in [0.25, 0.3) is 0 Å². The van der Waals surface area contributed by atoms with Crippen LogP contribution in [0.1, 0.15) is 96.8 Å². The van der Waals surface area contributed by atoms with E-state index < -0.39 is 17.9 Å². The van der Waals surface area contributed by atoms with Gasteiger partial charge >= 0.3 is 11.9 Å². The molecule has 0 aliphatic carbocycles. The molecule has 0 saturated carbocycles. The monoisotopic (exact) mass is 466 g/mol. The van der Waals surface area contributed by atoms with Crippen molar-refractivity contribution in [3.8, 4) is 11.5 Å². The number of hydrogen-bond acceptors (Lipinski definition) is 4. The molecule has 0 unspecified atom stereocenters. The highest BCUT2D eigenvalue weighted by Crippen LogP contribution is 2.20. The number of para-hydroxylation sites is 2. The second-order valence-electron chi connectivity index (χ2n) is 9.05. The summed E-state index contributed by atoms with van der Waals surface area (Å²) < 4.78 is 10.9. The van der Waals surface area contributed by atoms with Crippen LogP contribution in [-0.4, -0.2) is 11.9 Å². The number of unbranched alkanes of at least 4 members (excludes halogenated alkanes) is 12. The third-order valence-corrected chi connectivity index (χ3v) is 6.09. The molecule has 0 radical (unpaired) electrons.